The summed E-state index contributed by atoms with van der Waals surface area (Å²) in [6, 6.07) is 20.7. The van der Waals surface area contributed by atoms with Crippen molar-refractivity contribution >= 4 is 54.6 Å². The van der Waals surface area contributed by atoms with Crippen molar-refractivity contribution in [1.82, 2.24) is 0 Å². The van der Waals surface area contributed by atoms with Gasteiger partial charge in [-0.05, 0) is 73.7 Å². The van der Waals surface area contributed by atoms with Crippen molar-refractivity contribution in [2.45, 2.75) is 16.7 Å². The normalized spacial score (nSPS) is 11.4. The van der Waals surface area contributed by atoms with Crippen LogP contribution in [0.25, 0.3) is 0 Å². The second-order valence-electron chi connectivity index (χ2n) is 8.77. The Labute approximate surface area is 243 Å². The molecular weight excluding hydrogens is 590 g/mol. The highest BCUT2D eigenvalue weighted by molar-refractivity contribution is 7.93. The van der Waals surface area contributed by atoms with Crippen LogP contribution in [0.3, 0.4) is 0 Å². The SMILES string of the molecule is COc1ccc(OC)c(NS(=O)(=O)c2ccc(NC(=O)c3ccc(Cl)c(S(=O)(=O)Nc4ccc(C)cc4)c3)cc2)c1. The third-order valence-electron chi connectivity index (χ3n) is 5.86. The molecule has 214 valence electrons. The first-order valence-corrected chi connectivity index (χ1v) is 15.3. The highest BCUT2D eigenvalue weighted by Gasteiger charge is 2.21. The van der Waals surface area contributed by atoms with Crippen molar-refractivity contribution in [1.29, 1.82) is 0 Å². The summed E-state index contributed by atoms with van der Waals surface area (Å²) in [7, 11) is -5.23. The van der Waals surface area contributed by atoms with Gasteiger partial charge in [0, 0.05) is 23.0 Å². The Morgan fingerprint density at radius 2 is 1.39 bits per heavy atom. The van der Waals surface area contributed by atoms with Crippen molar-refractivity contribution in [3.63, 3.8) is 0 Å². The predicted molar refractivity (Wildman–Crippen MR) is 158 cm³/mol. The summed E-state index contributed by atoms with van der Waals surface area (Å²) < 4.78 is 67.2. The zero-order valence-electron chi connectivity index (χ0n) is 22.1. The molecule has 0 radical (unpaired) electrons. The number of ether oxygens (including phenoxy) is 2. The number of nitrogens with one attached hydrogen (secondary N) is 3. The minimum Gasteiger partial charge on any atom is -0.497 e. The van der Waals surface area contributed by atoms with E-state index < -0.39 is 26.0 Å². The van der Waals surface area contributed by atoms with E-state index in [0.29, 0.717) is 17.2 Å². The van der Waals surface area contributed by atoms with E-state index in [-0.39, 0.29) is 31.8 Å². The van der Waals surface area contributed by atoms with E-state index in [2.05, 4.69) is 14.8 Å². The summed E-state index contributed by atoms with van der Waals surface area (Å²) in [5.41, 5.74) is 1.81. The van der Waals surface area contributed by atoms with Crippen LogP contribution >= 0.6 is 11.6 Å². The maximum Gasteiger partial charge on any atom is 0.263 e. The number of methoxy groups -OCH3 is 2. The van der Waals surface area contributed by atoms with Gasteiger partial charge in [-0.3, -0.25) is 14.2 Å². The van der Waals surface area contributed by atoms with Gasteiger partial charge >= 0.3 is 0 Å². The fraction of sp³-hybridized carbons (Fsp3) is 0.107. The molecule has 0 atom stereocenters. The number of sulfonamides is 2. The van der Waals surface area contributed by atoms with E-state index in [0.717, 1.165) is 5.56 Å². The molecular formula is C28H26ClN3O7S2. The third-order valence-corrected chi connectivity index (χ3v) is 9.10. The Hall–Kier alpha value is -4.26. The van der Waals surface area contributed by atoms with Crippen LogP contribution < -0.4 is 24.2 Å². The second-order valence-corrected chi connectivity index (χ2v) is 12.5. The topological polar surface area (TPSA) is 140 Å². The quantitative estimate of drug-likeness (QED) is 0.213. The molecule has 10 nitrogen and oxygen atoms in total. The number of anilines is 3. The molecule has 0 saturated heterocycles. The van der Waals surface area contributed by atoms with Crippen LogP contribution in [0.2, 0.25) is 5.02 Å². The van der Waals surface area contributed by atoms with Crippen molar-refractivity contribution in [3.8, 4) is 11.5 Å². The van der Waals surface area contributed by atoms with Gasteiger partial charge in [-0.15, -0.1) is 0 Å². The van der Waals surface area contributed by atoms with Crippen molar-refractivity contribution < 1.29 is 31.1 Å². The van der Waals surface area contributed by atoms with Gasteiger partial charge in [-0.2, -0.15) is 0 Å². The van der Waals surface area contributed by atoms with E-state index in [9.17, 15) is 21.6 Å². The molecule has 41 heavy (non-hydrogen) atoms. The summed E-state index contributed by atoms with van der Waals surface area (Å²) >= 11 is 6.16. The van der Waals surface area contributed by atoms with Crippen LogP contribution in [0.5, 0.6) is 11.5 Å². The van der Waals surface area contributed by atoms with Gasteiger partial charge in [0.25, 0.3) is 26.0 Å². The number of benzene rings is 4. The first-order chi connectivity index (χ1) is 19.4. The Balaban J connectivity index is 1.50. The van der Waals surface area contributed by atoms with Crippen molar-refractivity contribution in [2.75, 3.05) is 29.0 Å². The Morgan fingerprint density at radius 3 is 2.02 bits per heavy atom. The van der Waals surface area contributed by atoms with Crippen LogP contribution in [0.4, 0.5) is 17.1 Å². The van der Waals surface area contributed by atoms with Crippen LogP contribution in [0.15, 0.2) is 94.7 Å². The molecule has 4 rings (SSSR count). The molecule has 3 N–H and O–H groups in total. The summed E-state index contributed by atoms with van der Waals surface area (Å²) in [4.78, 5) is 12.6. The number of rotatable bonds is 10. The van der Waals surface area contributed by atoms with E-state index in [1.54, 1.807) is 36.4 Å². The second kappa shape index (κ2) is 12.1. The van der Waals surface area contributed by atoms with E-state index >= 15 is 0 Å². The van der Waals surface area contributed by atoms with Crippen LogP contribution in [-0.4, -0.2) is 37.0 Å². The molecule has 0 bridgehead atoms. The molecule has 4 aromatic carbocycles. The number of hydrogen-bond donors (Lipinski definition) is 3. The molecule has 0 aliphatic carbocycles. The number of aryl methyl sites for hydroxylation is 1. The minimum atomic E-state index is -4.10. The van der Waals surface area contributed by atoms with E-state index in [4.69, 9.17) is 21.1 Å². The number of hydrogen-bond acceptors (Lipinski definition) is 7. The van der Waals surface area contributed by atoms with Gasteiger partial charge in [0.1, 0.15) is 16.4 Å². The first-order valence-electron chi connectivity index (χ1n) is 12.0. The van der Waals surface area contributed by atoms with Gasteiger partial charge in [0.05, 0.1) is 29.8 Å². The summed E-state index contributed by atoms with van der Waals surface area (Å²) in [6.07, 6.45) is 0. The molecule has 0 fully saturated rings. The first kappa shape index (κ1) is 29.7. The smallest absolute Gasteiger partial charge is 0.263 e. The van der Waals surface area contributed by atoms with Crippen LogP contribution in [-0.2, 0) is 20.0 Å². The van der Waals surface area contributed by atoms with Gasteiger partial charge < -0.3 is 14.8 Å². The third kappa shape index (κ3) is 7.09. The lowest BCUT2D eigenvalue weighted by Crippen LogP contribution is -2.17. The van der Waals surface area contributed by atoms with Gasteiger partial charge in [0.2, 0.25) is 0 Å². The molecule has 0 heterocycles. The largest absolute Gasteiger partial charge is 0.497 e. The highest BCUT2D eigenvalue weighted by Crippen LogP contribution is 2.31. The van der Waals surface area contributed by atoms with Crippen molar-refractivity contribution in [3.05, 3.63) is 101 Å². The Morgan fingerprint density at radius 1 is 0.732 bits per heavy atom. The van der Waals surface area contributed by atoms with Gasteiger partial charge in [-0.25, -0.2) is 16.8 Å². The predicted octanol–water partition coefficient (Wildman–Crippen LogP) is 5.52. The van der Waals surface area contributed by atoms with Crippen LogP contribution in [0, 0.1) is 6.92 Å². The summed E-state index contributed by atoms with van der Waals surface area (Å²) in [5.74, 6) is 0.116. The molecule has 0 aliphatic heterocycles. The monoisotopic (exact) mass is 615 g/mol. The maximum atomic E-state index is 13.0. The van der Waals surface area contributed by atoms with Gasteiger partial charge in [0.15, 0.2) is 0 Å². The zero-order chi connectivity index (χ0) is 29.8. The molecule has 0 saturated carbocycles. The molecule has 0 aliphatic rings. The fourth-order valence-corrected chi connectivity index (χ4v) is 6.35. The number of halogens is 1. The maximum absolute atomic E-state index is 13.0. The Bertz CT molecular complexity index is 1790. The molecule has 1 amide bonds. The minimum absolute atomic E-state index is 0.0298. The average Bonchev–Trinajstić information content (AvgIpc) is 2.94. The Kier molecular flexibility index (Phi) is 8.76. The summed E-state index contributed by atoms with van der Waals surface area (Å²) in [6.45, 7) is 1.88. The molecule has 4 aromatic rings. The standard InChI is InChI=1S/C28H26ClN3O7S2/c1-18-4-7-21(8-5-18)31-41(36,37)27-16-19(6-14-24(27)29)28(33)30-20-9-12-23(13-10-20)40(34,35)32-25-17-22(38-2)11-15-26(25)39-3/h4-17,31-32H,1-3H3,(H,30,33). The van der Waals surface area contributed by atoms with E-state index in [1.165, 1.54) is 62.8 Å². The van der Waals surface area contributed by atoms with E-state index in [1.807, 2.05) is 6.92 Å². The molecule has 0 aromatic heterocycles. The lowest BCUT2D eigenvalue weighted by Gasteiger charge is -2.14. The molecule has 0 unspecified atom stereocenters. The van der Waals surface area contributed by atoms with Gasteiger partial charge in [-0.1, -0.05) is 29.3 Å². The van der Waals surface area contributed by atoms with Crippen molar-refractivity contribution in [2.24, 2.45) is 0 Å². The van der Waals surface area contributed by atoms with Crippen LogP contribution in [0.1, 0.15) is 15.9 Å². The zero-order valence-corrected chi connectivity index (χ0v) is 24.5. The number of carbonyl (C=O) groups excluding carboxylic acids is 1. The summed E-state index contributed by atoms with van der Waals surface area (Å²) in [5, 5.41) is 2.57. The average molecular weight is 616 g/mol. The number of carbonyl (C=O) groups is 1. The lowest BCUT2D eigenvalue weighted by atomic mass is 10.2. The highest BCUT2D eigenvalue weighted by atomic mass is 35.5. The lowest BCUT2D eigenvalue weighted by molar-refractivity contribution is 0.102. The molecule has 0 spiro atoms. The molecule has 13 heteroatoms. The fourth-order valence-electron chi connectivity index (χ4n) is 3.70. The number of amides is 1.